The number of carbonyl (C=O) groups excluding carboxylic acids is 1. The summed E-state index contributed by atoms with van der Waals surface area (Å²) in [6, 6.07) is 9.90. The molecule has 1 aromatic carbocycles. The van der Waals surface area contributed by atoms with Crippen LogP contribution in [0.25, 0.3) is 5.69 Å². The molecule has 4 nitrogen and oxygen atoms in total. The van der Waals surface area contributed by atoms with E-state index in [1.807, 2.05) is 44.2 Å². The molecule has 94 valence electrons. The number of rotatable bonds is 4. The van der Waals surface area contributed by atoms with Crippen molar-refractivity contribution in [1.29, 1.82) is 0 Å². The Labute approximate surface area is 107 Å². The average molecular weight is 243 g/mol. The largest absolute Gasteiger partial charge is 0.349 e. The third-order valence-corrected chi connectivity index (χ3v) is 2.86. The van der Waals surface area contributed by atoms with Crippen LogP contribution in [0.2, 0.25) is 0 Å². The van der Waals surface area contributed by atoms with Crippen molar-refractivity contribution in [2.75, 3.05) is 0 Å². The summed E-state index contributed by atoms with van der Waals surface area (Å²) < 4.78 is 1.70. The Bertz CT molecular complexity index is 519. The predicted molar refractivity (Wildman–Crippen MR) is 70.8 cm³/mol. The van der Waals surface area contributed by atoms with Crippen molar-refractivity contribution in [2.45, 2.75) is 26.3 Å². The fourth-order valence-corrected chi connectivity index (χ4v) is 1.57. The quantitative estimate of drug-likeness (QED) is 0.896. The summed E-state index contributed by atoms with van der Waals surface area (Å²) in [5, 5.41) is 7.11. The number of nitrogens with one attached hydrogen (secondary N) is 1. The van der Waals surface area contributed by atoms with Crippen LogP contribution in [0.4, 0.5) is 0 Å². The Morgan fingerprint density at radius 1 is 1.39 bits per heavy atom. The fraction of sp³-hybridized carbons (Fsp3) is 0.286. The van der Waals surface area contributed by atoms with E-state index in [-0.39, 0.29) is 11.9 Å². The molecule has 0 aliphatic rings. The molecule has 0 bridgehead atoms. The van der Waals surface area contributed by atoms with Crippen LogP contribution in [0, 0.1) is 0 Å². The number of amides is 1. The lowest BCUT2D eigenvalue weighted by molar-refractivity contribution is 0.0939. The van der Waals surface area contributed by atoms with Crippen LogP contribution in [-0.4, -0.2) is 21.7 Å². The van der Waals surface area contributed by atoms with Crippen molar-refractivity contribution >= 4 is 5.91 Å². The molecule has 18 heavy (non-hydrogen) atoms. The number of hydrogen-bond donors (Lipinski definition) is 1. The molecule has 1 N–H and O–H groups in total. The predicted octanol–water partition coefficient (Wildman–Crippen LogP) is 2.40. The van der Waals surface area contributed by atoms with Crippen molar-refractivity contribution < 1.29 is 4.79 Å². The average Bonchev–Trinajstić information content (AvgIpc) is 2.89. The van der Waals surface area contributed by atoms with Gasteiger partial charge in [-0.15, -0.1) is 0 Å². The lowest BCUT2D eigenvalue weighted by Crippen LogP contribution is -2.31. The van der Waals surface area contributed by atoms with E-state index >= 15 is 0 Å². The first-order valence-corrected chi connectivity index (χ1v) is 6.11. The minimum atomic E-state index is -0.0773. The van der Waals surface area contributed by atoms with Gasteiger partial charge in [-0.2, -0.15) is 5.10 Å². The molecule has 0 saturated heterocycles. The first kappa shape index (κ1) is 12.4. The number of para-hydroxylation sites is 1. The number of benzene rings is 1. The molecule has 1 heterocycles. The van der Waals surface area contributed by atoms with Crippen LogP contribution in [-0.2, 0) is 0 Å². The molecule has 4 heteroatoms. The van der Waals surface area contributed by atoms with Gasteiger partial charge in [-0.1, -0.05) is 25.1 Å². The molecular formula is C14H17N3O. The lowest BCUT2D eigenvalue weighted by atomic mass is 10.2. The van der Waals surface area contributed by atoms with Crippen LogP contribution in [0.15, 0.2) is 42.7 Å². The smallest absolute Gasteiger partial charge is 0.254 e. The second-order valence-electron chi connectivity index (χ2n) is 4.29. The Kier molecular flexibility index (Phi) is 3.77. The van der Waals surface area contributed by atoms with Gasteiger partial charge in [0.15, 0.2) is 0 Å². The third-order valence-electron chi connectivity index (χ3n) is 2.86. The monoisotopic (exact) mass is 243 g/mol. The molecule has 0 spiro atoms. The zero-order valence-corrected chi connectivity index (χ0v) is 10.6. The zero-order chi connectivity index (χ0) is 13.0. The van der Waals surface area contributed by atoms with Gasteiger partial charge in [0.05, 0.1) is 17.4 Å². The van der Waals surface area contributed by atoms with Crippen LogP contribution in [0.1, 0.15) is 30.6 Å². The molecule has 2 rings (SSSR count). The molecule has 0 aliphatic carbocycles. The number of aromatic nitrogens is 2. The van der Waals surface area contributed by atoms with Gasteiger partial charge in [-0.25, -0.2) is 4.68 Å². The molecule has 2 aromatic rings. The summed E-state index contributed by atoms with van der Waals surface area (Å²) in [5.74, 6) is -0.0773. The second-order valence-corrected chi connectivity index (χ2v) is 4.29. The van der Waals surface area contributed by atoms with Crippen molar-refractivity contribution in [3.05, 3.63) is 48.3 Å². The minimum absolute atomic E-state index is 0.0773. The summed E-state index contributed by atoms with van der Waals surface area (Å²) in [4.78, 5) is 11.9. The van der Waals surface area contributed by atoms with Gasteiger partial charge in [0, 0.05) is 12.2 Å². The third kappa shape index (κ3) is 2.77. The molecule has 0 saturated carbocycles. The maximum absolute atomic E-state index is 11.9. The van der Waals surface area contributed by atoms with Gasteiger partial charge in [0.2, 0.25) is 0 Å². The Balaban J connectivity index is 2.13. The molecule has 0 aliphatic heterocycles. The van der Waals surface area contributed by atoms with Crippen molar-refractivity contribution in [2.24, 2.45) is 0 Å². The molecule has 0 fully saturated rings. The number of carbonyl (C=O) groups is 1. The van der Waals surface area contributed by atoms with E-state index in [4.69, 9.17) is 0 Å². The fourth-order valence-electron chi connectivity index (χ4n) is 1.57. The molecular weight excluding hydrogens is 226 g/mol. The van der Waals surface area contributed by atoms with Gasteiger partial charge in [-0.3, -0.25) is 4.79 Å². The normalized spacial score (nSPS) is 12.1. The first-order chi connectivity index (χ1) is 8.70. The van der Waals surface area contributed by atoms with Crippen molar-refractivity contribution in [3.63, 3.8) is 0 Å². The topological polar surface area (TPSA) is 46.9 Å². The molecule has 0 unspecified atom stereocenters. The highest BCUT2D eigenvalue weighted by molar-refractivity contribution is 5.93. The van der Waals surface area contributed by atoms with Gasteiger partial charge < -0.3 is 5.32 Å². The van der Waals surface area contributed by atoms with Crippen molar-refractivity contribution in [1.82, 2.24) is 15.1 Å². The summed E-state index contributed by atoms with van der Waals surface area (Å²) in [6.45, 7) is 4.03. The second kappa shape index (κ2) is 5.49. The number of hydrogen-bond acceptors (Lipinski definition) is 2. The summed E-state index contributed by atoms with van der Waals surface area (Å²) in [5.41, 5.74) is 1.53. The molecule has 1 amide bonds. The highest BCUT2D eigenvalue weighted by Gasteiger charge is 2.11. The first-order valence-electron chi connectivity index (χ1n) is 6.11. The van der Waals surface area contributed by atoms with Crippen LogP contribution >= 0.6 is 0 Å². The van der Waals surface area contributed by atoms with E-state index in [1.165, 1.54) is 0 Å². The van der Waals surface area contributed by atoms with Gasteiger partial charge in [0.25, 0.3) is 5.91 Å². The lowest BCUT2D eigenvalue weighted by Gasteiger charge is -2.09. The Hall–Kier alpha value is -2.10. The maximum atomic E-state index is 11.9. The summed E-state index contributed by atoms with van der Waals surface area (Å²) in [6.07, 6.45) is 4.25. The van der Waals surface area contributed by atoms with E-state index in [2.05, 4.69) is 10.4 Å². The standard InChI is InChI=1S/C14H17N3O/c1-3-11(2)16-14(18)12-9-15-17(10-12)13-7-5-4-6-8-13/h4-11H,3H2,1-2H3,(H,16,18)/t11-/m0/s1. The highest BCUT2D eigenvalue weighted by Crippen LogP contribution is 2.07. The van der Waals surface area contributed by atoms with E-state index in [1.54, 1.807) is 17.1 Å². The van der Waals surface area contributed by atoms with E-state index in [0.717, 1.165) is 12.1 Å². The van der Waals surface area contributed by atoms with Gasteiger partial charge in [0.1, 0.15) is 0 Å². The van der Waals surface area contributed by atoms with Crippen molar-refractivity contribution in [3.8, 4) is 5.69 Å². The van der Waals surface area contributed by atoms with E-state index in [9.17, 15) is 4.79 Å². The SMILES string of the molecule is CC[C@H](C)NC(=O)c1cnn(-c2ccccc2)c1. The zero-order valence-electron chi connectivity index (χ0n) is 10.6. The Morgan fingerprint density at radius 3 is 2.78 bits per heavy atom. The summed E-state index contributed by atoms with van der Waals surface area (Å²) >= 11 is 0. The minimum Gasteiger partial charge on any atom is -0.349 e. The number of nitrogens with zero attached hydrogens (tertiary/aromatic N) is 2. The van der Waals surface area contributed by atoms with Gasteiger partial charge >= 0.3 is 0 Å². The highest BCUT2D eigenvalue weighted by atomic mass is 16.1. The molecule has 1 aromatic heterocycles. The molecule has 1 atom stereocenters. The van der Waals surface area contributed by atoms with E-state index < -0.39 is 0 Å². The summed E-state index contributed by atoms with van der Waals surface area (Å²) in [7, 11) is 0. The van der Waals surface area contributed by atoms with Crippen LogP contribution < -0.4 is 5.32 Å². The van der Waals surface area contributed by atoms with Crippen LogP contribution in [0.3, 0.4) is 0 Å². The van der Waals surface area contributed by atoms with Crippen LogP contribution in [0.5, 0.6) is 0 Å². The van der Waals surface area contributed by atoms with E-state index in [0.29, 0.717) is 5.56 Å². The molecule has 0 radical (unpaired) electrons. The van der Waals surface area contributed by atoms with Gasteiger partial charge in [-0.05, 0) is 25.5 Å². The Morgan fingerprint density at radius 2 is 2.11 bits per heavy atom. The maximum Gasteiger partial charge on any atom is 0.254 e.